The number of carbonyl (C=O) groups is 2. The second-order valence-corrected chi connectivity index (χ2v) is 5.81. The van der Waals surface area contributed by atoms with E-state index in [0.29, 0.717) is 10.6 Å². The molecule has 2 aromatic rings. The number of halogens is 1. The molecule has 100 valence electrons. The van der Waals surface area contributed by atoms with Gasteiger partial charge < -0.3 is 16.4 Å². The molecule has 0 fully saturated rings. The van der Waals surface area contributed by atoms with E-state index in [2.05, 4.69) is 26.6 Å². The Balaban J connectivity index is 2.27. The first-order valence-electron chi connectivity index (χ1n) is 5.49. The Morgan fingerprint density at radius 1 is 1.42 bits per heavy atom. The van der Waals surface area contributed by atoms with Gasteiger partial charge in [0.1, 0.15) is 4.88 Å². The molecular formula is C12H12BrN3O2S. The fraction of sp³-hybridized carbons (Fsp3) is 0.167. The molecule has 0 aliphatic carbocycles. The normalized spacial score (nSPS) is 10.4. The van der Waals surface area contributed by atoms with Crippen LogP contribution in [0.2, 0.25) is 0 Å². The number of benzene rings is 1. The Labute approximate surface area is 122 Å². The fourth-order valence-corrected chi connectivity index (χ4v) is 2.97. The van der Waals surface area contributed by atoms with E-state index in [0.717, 1.165) is 14.6 Å². The highest BCUT2D eigenvalue weighted by molar-refractivity contribution is 9.10. The van der Waals surface area contributed by atoms with Crippen LogP contribution in [0.5, 0.6) is 0 Å². The molecule has 0 spiro atoms. The van der Waals surface area contributed by atoms with E-state index in [4.69, 9.17) is 5.73 Å². The number of nitrogen functional groups attached to an aromatic ring is 1. The number of thiophene rings is 1. The quantitative estimate of drug-likeness (QED) is 0.794. The number of hydrogen-bond donors (Lipinski definition) is 3. The zero-order valence-corrected chi connectivity index (χ0v) is 12.5. The lowest BCUT2D eigenvalue weighted by Crippen LogP contribution is -2.35. The van der Waals surface area contributed by atoms with E-state index in [1.807, 2.05) is 18.2 Å². The maximum absolute atomic E-state index is 12.0. The first kappa shape index (κ1) is 13.8. The smallest absolute Gasteiger partial charge is 0.263 e. The molecule has 0 saturated heterocycles. The van der Waals surface area contributed by atoms with E-state index >= 15 is 0 Å². The molecule has 0 bridgehead atoms. The van der Waals surface area contributed by atoms with Gasteiger partial charge in [0.25, 0.3) is 5.91 Å². The van der Waals surface area contributed by atoms with Gasteiger partial charge in [-0.05, 0) is 18.2 Å². The van der Waals surface area contributed by atoms with Crippen LogP contribution in [0, 0.1) is 0 Å². The predicted molar refractivity (Wildman–Crippen MR) is 80.3 cm³/mol. The number of hydrogen-bond acceptors (Lipinski definition) is 4. The summed E-state index contributed by atoms with van der Waals surface area (Å²) >= 11 is 4.68. The molecule has 1 aromatic carbocycles. The number of likely N-dealkylation sites (N-methyl/N-ethyl adjacent to an activating group) is 1. The van der Waals surface area contributed by atoms with Crippen molar-refractivity contribution in [3.8, 4) is 0 Å². The molecule has 2 rings (SSSR count). The molecule has 0 unspecified atom stereocenters. The Kier molecular flexibility index (Phi) is 4.06. The Morgan fingerprint density at radius 2 is 2.16 bits per heavy atom. The zero-order valence-electron chi connectivity index (χ0n) is 10.1. The fourth-order valence-electron chi connectivity index (χ4n) is 1.59. The monoisotopic (exact) mass is 341 g/mol. The Morgan fingerprint density at radius 3 is 2.84 bits per heavy atom. The summed E-state index contributed by atoms with van der Waals surface area (Å²) in [7, 11) is 1.51. The van der Waals surface area contributed by atoms with Crippen molar-refractivity contribution in [2.24, 2.45) is 0 Å². The van der Waals surface area contributed by atoms with Gasteiger partial charge >= 0.3 is 0 Å². The lowest BCUT2D eigenvalue weighted by Gasteiger charge is -2.03. The van der Waals surface area contributed by atoms with Crippen LogP contribution < -0.4 is 16.4 Å². The molecule has 2 amide bonds. The van der Waals surface area contributed by atoms with Crippen LogP contribution in [0.1, 0.15) is 9.67 Å². The van der Waals surface area contributed by atoms with Crippen LogP contribution in [0.15, 0.2) is 22.7 Å². The van der Waals surface area contributed by atoms with E-state index in [-0.39, 0.29) is 18.4 Å². The van der Waals surface area contributed by atoms with Gasteiger partial charge in [-0.3, -0.25) is 9.59 Å². The van der Waals surface area contributed by atoms with Gasteiger partial charge in [0.05, 0.1) is 12.2 Å². The second kappa shape index (κ2) is 5.58. The molecule has 5 nitrogen and oxygen atoms in total. The van der Waals surface area contributed by atoms with Crippen LogP contribution in [-0.4, -0.2) is 25.4 Å². The Hall–Kier alpha value is -1.60. The summed E-state index contributed by atoms with van der Waals surface area (Å²) in [5.74, 6) is -0.589. The van der Waals surface area contributed by atoms with Gasteiger partial charge in [0.15, 0.2) is 0 Å². The van der Waals surface area contributed by atoms with Crippen molar-refractivity contribution < 1.29 is 9.59 Å². The standard InChI is InChI=1S/C12H12BrN3O2S/c1-15-9(17)5-16-12(18)11-10(14)7-4-6(13)2-3-8(7)19-11/h2-4H,5,14H2,1H3,(H,15,17)(H,16,18). The van der Waals surface area contributed by atoms with Gasteiger partial charge in [0.2, 0.25) is 5.91 Å². The van der Waals surface area contributed by atoms with Crippen molar-refractivity contribution in [1.29, 1.82) is 0 Å². The van der Waals surface area contributed by atoms with E-state index in [1.54, 1.807) is 0 Å². The van der Waals surface area contributed by atoms with Crippen molar-refractivity contribution in [1.82, 2.24) is 10.6 Å². The minimum Gasteiger partial charge on any atom is -0.397 e. The number of rotatable bonds is 3. The Bertz CT molecular complexity index is 654. The molecule has 0 aliphatic rings. The van der Waals surface area contributed by atoms with Gasteiger partial charge in [0, 0.05) is 21.6 Å². The summed E-state index contributed by atoms with van der Waals surface area (Å²) in [5, 5.41) is 5.80. The first-order chi connectivity index (χ1) is 9.02. The lowest BCUT2D eigenvalue weighted by atomic mass is 10.2. The molecule has 0 aliphatic heterocycles. The van der Waals surface area contributed by atoms with Crippen molar-refractivity contribution in [2.45, 2.75) is 0 Å². The number of nitrogens with one attached hydrogen (secondary N) is 2. The molecule has 7 heteroatoms. The highest BCUT2D eigenvalue weighted by atomic mass is 79.9. The van der Waals surface area contributed by atoms with E-state index in [1.165, 1.54) is 18.4 Å². The van der Waals surface area contributed by atoms with Crippen LogP contribution in [0.3, 0.4) is 0 Å². The minimum atomic E-state index is -0.335. The van der Waals surface area contributed by atoms with Gasteiger partial charge in [-0.1, -0.05) is 15.9 Å². The third kappa shape index (κ3) is 2.87. The van der Waals surface area contributed by atoms with Crippen LogP contribution in [-0.2, 0) is 4.79 Å². The highest BCUT2D eigenvalue weighted by Gasteiger charge is 2.16. The summed E-state index contributed by atoms with van der Waals surface area (Å²) in [5.41, 5.74) is 6.42. The maximum atomic E-state index is 12.0. The summed E-state index contributed by atoms with van der Waals surface area (Å²) in [4.78, 5) is 23.5. The minimum absolute atomic E-state index is 0.0628. The molecule has 0 saturated carbocycles. The van der Waals surface area contributed by atoms with Gasteiger partial charge in [-0.15, -0.1) is 11.3 Å². The summed E-state index contributed by atoms with van der Waals surface area (Å²) < 4.78 is 1.84. The summed E-state index contributed by atoms with van der Waals surface area (Å²) in [6, 6.07) is 5.66. The topological polar surface area (TPSA) is 84.2 Å². The number of anilines is 1. The molecule has 0 atom stereocenters. The zero-order chi connectivity index (χ0) is 14.0. The highest BCUT2D eigenvalue weighted by Crippen LogP contribution is 2.35. The second-order valence-electron chi connectivity index (χ2n) is 3.84. The van der Waals surface area contributed by atoms with Crippen molar-refractivity contribution in [3.63, 3.8) is 0 Å². The number of carbonyl (C=O) groups excluding carboxylic acids is 2. The molecule has 0 radical (unpaired) electrons. The van der Waals surface area contributed by atoms with Crippen molar-refractivity contribution >= 4 is 54.9 Å². The van der Waals surface area contributed by atoms with Crippen LogP contribution in [0.25, 0.3) is 10.1 Å². The molecule has 1 heterocycles. The first-order valence-corrected chi connectivity index (χ1v) is 7.10. The van der Waals surface area contributed by atoms with Gasteiger partial charge in [-0.2, -0.15) is 0 Å². The maximum Gasteiger partial charge on any atom is 0.263 e. The van der Waals surface area contributed by atoms with E-state index < -0.39 is 0 Å². The third-order valence-electron chi connectivity index (χ3n) is 2.58. The van der Waals surface area contributed by atoms with Gasteiger partial charge in [-0.25, -0.2) is 0 Å². The SMILES string of the molecule is CNC(=O)CNC(=O)c1sc2ccc(Br)cc2c1N. The average molecular weight is 342 g/mol. The molecule has 19 heavy (non-hydrogen) atoms. The van der Waals surface area contributed by atoms with E-state index in [9.17, 15) is 9.59 Å². The number of nitrogens with two attached hydrogens (primary N) is 1. The summed E-state index contributed by atoms with van der Waals surface area (Å²) in [6.07, 6.45) is 0. The summed E-state index contributed by atoms with van der Waals surface area (Å²) in [6.45, 7) is -0.0628. The molecule has 1 aromatic heterocycles. The molecule has 4 N–H and O–H groups in total. The third-order valence-corrected chi connectivity index (χ3v) is 4.26. The average Bonchev–Trinajstić information content (AvgIpc) is 2.73. The lowest BCUT2D eigenvalue weighted by molar-refractivity contribution is -0.119. The van der Waals surface area contributed by atoms with Crippen LogP contribution in [0.4, 0.5) is 5.69 Å². The number of amides is 2. The predicted octanol–water partition coefficient (Wildman–Crippen LogP) is 1.72. The number of fused-ring (bicyclic) bond motifs is 1. The van der Waals surface area contributed by atoms with Crippen LogP contribution >= 0.6 is 27.3 Å². The van der Waals surface area contributed by atoms with Crippen molar-refractivity contribution in [3.05, 3.63) is 27.5 Å². The molecular weight excluding hydrogens is 330 g/mol. The van der Waals surface area contributed by atoms with Crippen molar-refractivity contribution in [2.75, 3.05) is 19.3 Å². The largest absolute Gasteiger partial charge is 0.397 e.